The van der Waals surface area contributed by atoms with Crippen LogP contribution in [0.5, 0.6) is 0 Å². The van der Waals surface area contributed by atoms with E-state index in [-0.39, 0.29) is 5.91 Å². The van der Waals surface area contributed by atoms with E-state index < -0.39 is 0 Å². The third-order valence-corrected chi connectivity index (χ3v) is 3.57. The Hall–Kier alpha value is -1.35. The molecule has 1 amide bonds. The van der Waals surface area contributed by atoms with E-state index in [0.717, 1.165) is 25.2 Å². The van der Waals surface area contributed by atoms with Crippen LogP contribution in [0.1, 0.15) is 12.0 Å². The number of carbonyl (C=O) groups excluding carboxylic acids is 1. The van der Waals surface area contributed by atoms with Crippen LogP contribution in [0.3, 0.4) is 0 Å². The van der Waals surface area contributed by atoms with E-state index in [4.69, 9.17) is 0 Å². The average Bonchev–Trinajstić information content (AvgIpc) is 2.57. The summed E-state index contributed by atoms with van der Waals surface area (Å²) in [6.45, 7) is 1.87. The monoisotopic (exact) mass is 216 g/mol. The van der Waals surface area contributed by atoms with Crippen LogP contribution in [0.25, 0.3) is 0 Å². The van der Waals surface area contributed by atoms with E-state index in [1.165, 1.54) is 5.56 Å². The predicted molar refractivity (Wildman–Crippen MR) is 63.5 cm³/mol. The van der Waals surface area contributed by atoms with Crippen LogP contribution in [-0.4, -0.2) is 37.0 Å². The molecular weight excluding hydrogens is 200 g/mol. The summed E-state index contributed by atoms with van der Waals surface area (Å²) in [6, 6.07) is 8.62. The van der Waals surface area contributed by atoms with Gasteiger partial charge in [-0.15, -0.1) is 0 Å². The molecule has 84 valence electrons. The van der Waals surface area contributed by atoms with Crippen molar-refractivity contribution in [2.45, 2.75) is 18.9 Å². The maximum atomic E-state index is 12.1. The Morgan fingerprint density at radius 2 is 2.12 bits per heavy atom. The zero-order valence-electron chi connectivity index (χ0n) is 9.52. The molecule has 0 aromatic heterocycles. The number of hydrogen-bond donors (Lipinski definition) is 0. The van der Waals surface area contributed by atoms with Gasteiger partial charge in [0.1, 0.15) is 0 Å². The molecule has 3 nitrogen and oxygen atoms in total. The van der Waals surface area contributed by atoms with Crippen molar-refractivity contribution in [3.05, 3.63) is 29.8 Å². The van der Waals surface area contributed by atoms with Gasteiger partial charge < -0.3 is 9.80 Å². The van der Waals surface area contributed by atoms with Crippen LogP contribution in [0, 0.1) is 0 Å². The molecule has 1 saturated heterocycles. The molecule has 2 heterocycles. The lowest BCUT2D eigenvalue weighted by Gasteiger charge is -2.24. The Morgan fingerprint density at radius 1 is 1.31 bits per heavy atom. The fourth-order valence-electron chi connectivity index (χ4n) is 2.80. The lowest BCUT2D eigenvalue weighted by atomic mass is 10.1. The number of nitrogens with zero attached hydrogens (tertiary/aromatic N) is 2. The van der Waals surface area contributed by atoms with E-state index >= 15 is 0 Å². The largest absolute Gasteiger partial charge is 0.307 e. The zero-order valence-corrected chi connectivity index (χ0v) is 9.52. The fourth-order valence-corrected chi connectivity index (χ4v) is 2.80. The van der Waals surface area contributed by atoms with E-state index in [1.807, 2.05) is 11.0 Å². The van der Waals surface area contributed by atoms with Crippen molar-refractivity contribution in [1.29, 1.82) is 0 Å². The summed E-state index contributed by atoms with van der Waals surface area (Å²) in [5.74, 6) is 0.277. The minimum atomic E-state index is 0.277. The highest BCUT2D eigenvalue weighted by molar-refractivity contribution is 5.96. The topological polar surface area (TPSA) is 23.6 Å². The molecule has 0 radical (unpaired) electrons. The highest BCUT2D eigenvalue weighted by Crippen LogP contribution is 2.33. The van der Waals surface area contributed by atoms with Gasteiger partial charge in [-0.1, -0.05) is 18.2 Å². The molecule has 0 spiro atoms. The first-order valence-electron chi connectivity index (χ1n) is 5.84. The maximum Gasteiger partial charge on any atom is 0.228 e. The van der Waals surface area contributed by atoms with Crippen molar-refractivity contribution >= 4 is 11.6 Å². The second-order valence-electron chi connectivity index (χ2n) is 4.76. The van der Waals surface area contributed by atoms with E-state index in [1.54, 1.807) is 0 Å². The molecule has 0 aliphatic carbocycles. The normalized spacial score (nSPS) is 25.2. The molecule has 3 rings (SSSR count). The number of likely N-dealkylation sites (N-methyl/N-ethyl adjacent to an activating group) is 1. The molecular formula is C13H16N2O. The molecule has 0 bridgehead atoms. The molecule has 1 aromatic carbocycles. The van der Waals surface area contributed by atoms with Gasteiger partial charge in [-0.05, 0) is 25.1 Å². The molecule has 2 aliphatic rings. The average molecular weight is 216 g/mol. The predicted octanol–water partition coefficient (Wildman–Crippen LogP) is 1.28. The standard InChI is InChI=1S/C13H16N2O/c1-14-7-6-13(16)15-11(9-14)8-10-4-2-3-5-12(10)15/h2-5,11H,6-9H2,1H3. The van der Waals surface area contributed by atoms with Crippen molar-refractivity contribution in [2.75, 3.05) is 25.0 Å². The van der Waals surface area contributed by atoms with Crippen molar-refractivity contribution in [3.63, 3.8) is 0 Å². The van der Waals surface area contributed by atoms with Gasteiger partial charge in [0, 0.05) is 25.2 Å². The van der Waals surface area contributed by atoms with Crippen molar-refractivity contribution in [1.82, 2.24) is 4.90 Å². The Balaban J connectivity index is 2.01. The van der Waals surface area contributed by atoms with Crippen LogP contribution in [0.4, 0.5) is 5.69 Å². The number of fused-ring (bicyclic) bond motifs is 3. The Morgan fingerprint density at radius 3 is 3.00 bits per heavy atom. The van der Waals surface area contributed by atoms with Crippen molar-refractivity contribution in [2.24, 2.45) is 0 Å². The number of carbonyl (C=O) groups is 1. The first-order chi connectivity index (χ1) is 7.75. The number of anilines is 1. The van der Waals surface area contributed by atoms with Gasteiger partial charge in [0.25, 0.3) is 0 Å². The first kappa shape index (κ1) is 9.85. The quantitative estimate of drug-likeness (QED) is 0.652. The van der Waals surface area contributed by atoms with Gasteiger partial charge in [-0.25, -0.2) is 0 Å². The summed E-state index contributed by atoms with van der Waals surface area (Å²) in [7, 11) is 2.10. The number of hydrogen-bond acceptors (Lipinski definition) is 2. The lowest BCUT2D eigenvalue weighted by molar-refractivity contribution is -0.118. The molecule has 0 N–H and O–H groups in total. The van der Waals surface area contributed by atoms with Crippen LogP contribution in [0.2, 0.25) is 0 Å². The Bertz CT molecular complexity index is 430. The highest BCUT2D eigenvalue weighted by Gasteiger charge is 2.35. The van der Waals surface area contributed by atoms with E-state index in [2.05, 4.69) is 30.1 Å². The first-order valence-corrected chi connectivity index (χ1v) is 5.84. The summed E-state index contributed by atoms with van der Waals surface area (Å²) >= 11 is 0. The third kappa shape index (κ3) is 1.43. The molecule has 1 fully saturated rings. The minimum absolute atomic E-state index is 0.277. The van der Waals surface area contributed by atoms with Gasteiger partial charge >= 0.3 is 0 Å². The van der Waals surface area contributed by atoms with Gasteiger partial charge in [-0.3, -0.25) is 4.79 Å². The third-order valence-electron chi connectivity index (χ3n) is 3.57. The van der Waals surface area contributed by atoms with Crippen molar-refractivity contribution < 1.29 is 4.79 Å². The van der Waals surface area contributed by atoms with E-state index in [9.17, 15) is 4.79 Å². The Kier molecular flexibility index (Phi) is 2.21. The van der Waals surface area contributed by atoms with Crippen LogP contribution < -0.4 is 4.90 Å². The van der Waals surface area contributed by atoms with Crippen LogP contribution in [-0.2, 0) is 11.2 Å². The smallest absolute Gasteiger partial charge is 0.228 e. The second kappa shape index (κ2) is 3.59. The second-order valence-corrected chi connectivity index (χ2v) is 4.76. The Labute approximate surface area is 95.7 Å². The van der Waals surface area contributed by atoms with Crippen molar-refractivity contribution in [3.8, 4) is 0 Å². The van der Waals surface area contributed by atoms with Gasteiger partial charge in [-0.2, -0.15) is 0 Å². The maximum absolute atomic E-state index is 12.1. The number of para-hydroxylation sites is 1. The van der Waals surface area contributed by atoms with Gasteiger partial charge in [0.15, 0.2) is 0 Å². The molecule has 16 heavy (non-hydrogen) atoms. The minimum Gasteiger partial charge on any atom is -0.307 e. The molecule has 3 heteroatoms. The molecule has 2 aliphatic heterocycles. The molecule has 0 saturated carbocycles. The van der Waals surface area contributed by atoms with Gasteiger partial charge in [0.05, 0.1) is 6.04 Å². The highest BCUT2D eigenvalue weighted by atomic mass is 16.2. The number of amides is 1. The zero-order chi connectivity index (χ0) is 11.1. The molecule has 1 atom stereocenters. The summed E-state index contributed by atoms with van der Waals surface area (Å²) in [6.07, 6.45) is 1.65. The summed E-state index contributed by atoms with van der Waals surface area (Å²) in [4.78, 5) is 16.4. The molecule has 1 aromatic rings. The molecule has 1 unspecified atom stereocenters. The number of rotatable bonds is 0. The van der Waals surface area contributed by atoms with Crippen LogP contribution >= 0.6 is 0 Å². The lowest BCUT2D eigenvalue weighted by Crippen LogP contribution is -2.40. The summed E-state index contributed by atoms with van der Waals surface area (Å²) < 4.78 is 0. The number of benzene rings is 1. The van der Waals surface area contributed by atoms with E-state index in [0.29, 0.717) is 12.5 Å². The SMILES string of the molecule is CN1CCC(=O)N2c3ccccc3CC2C1. The summed E-state index contributed by atoms with van der Waals surface area (Å²) in [5.41, 5.74) is 2.45. The fraction of sp³-hybridized carbons (Fsp3) is 0.462. The van der Waals surface area contributed by atoms with Gasteiger partial charge in [0.2, 0.25) is 5.91 Å². The van der Waals surface area contributed by atoms with Crippen LogP contribution in [0.15, 0.2) is 24.3 Å². The summed E-state index contributed by atoms with van der Waals surface area (Å²) in [5, 5.41) is 0.